The minimum absolute atomic E-state index is 0.0263. The fourth-order valence-corrected chi connectivity index (χ4v) is 2.64. The molecule has 3 N–H and O–H groups in total. The number of carbonyl (C=O) groups is 2. The second-order valence-corrected chi connectivity index (χ2v) is 6.88. The van der Waals surface area contributed by atoms with Gasteiger partial charge in [-0.1, -0.05) is 6.42 Å². The number of rotatable bonds is 3. The minimum Gasteiger partial charge on any atom is -0.350 e. The highest BCUT2D eigenvalue weighted by Gasteiger charge is 2.44. The van der Waals surface area contributed by atoms with Crippen molar-refractivity contribution in [2.24, 2.45) is 11.1 Å². The fraction of sp³-hybridized carbons (Fsp3) is 0.857. The van der Waals surface area contributed by atoms with E-state index >= 15 is 0 Å². The van der Waals surface area contributed by atoms with Gasteiger partial charge in [0.25, 0.3) is 0 Å². The molecule has 0 aliphatic heterocycles. The summed E-state index contributed by atoms with van der Waals surface area (Å²) in [6, 6.07) is -0.104. The third kappa shape index (κ3) is 3.93. The first kappa shape index (κ1) is 16.0. The highest BCUT2D eigenvalue weighted by atomic mass is 16.2. The van der Waals surface area contributed by atoms with Crippen molar-refractivity contribution < 1.29 is 9.59 Å². The number of nitrogens with two attached hydrogens (primary N) is 1. The second kappa shape index (κ2) is 5.49. The molecule has 0 aromatic rings. The lowest BCUT2D eigenvalue weighted by Crippen LogP contribution is -2.52. The summed E-state index contributed by atoms with van der Waals surface area (Å²) >= 11 is 0. The van der Waals surface area contributed by atoms with Gasteiger partial charge in [0, 0.05) is 18.6 Å². The third-order valence-electron chi connectivity index (χ3n) is 3.76. The predicted octanol–water partition coefficient (Wildman–Crippen LogP) is 0.877. The van der Waals surface area contributed by atoms with E-state index in [9.17, 15) is 9.59 Å². The molecule has 0 heterocycles. The van der Waals surface area contributed by atoms with Gasteiger partial charge in [0.1, 0.15) is 0 Å². The predicted molar refractivity (Wildman–Crippen MR) is 75.5 cm³/mol. The van der Waals surface area contributed by atoms with Gasteiger partial charge in [0.2, 0.25) is 11.8 Å². The zero-order valence-corrected chi connectivity index (χ0v) is 12.7. The van der Waals surface area contributed by atoms with Crippen LogP contribution in [0.5, 0.6) is 0 Å². The lowest BCUT2D eigenvalue weighted by atomic mass is 9.83. The van der Waals surface area contributed by atoms with Crippen LogP contribution >= 0.6 is 0 Å². The Morgan fingerprint density at radius 3 is 2.42 bits per heavy atom. The molecule has 0 radical (unpaired) electrons. The van der Waals surface area contributed by atoms with Crippen molar-refractivity contribution in [3.63, 3.8) is 0 Å². The zero-order valence-electron chi connectivity index (χ0n) is 12.7. The standard InChI is InChI=1S/C14H27N3O2/c1-13(2,3)16-11(18)9-17(5)12(19)14(4)8-6-7-10(14)15/h10H,6-9,15H2,1-5H3,(H,16,18). The number of nitrogens with zero attached hydrogens (tertiary/aromatic N) is 1. The number of amides is 2. The van der Waals surface area contributed by atoms with Gasteiger partial charge >= 0.3 is 0 Å². The average Bonchev–Trinajstić information content (AvgIpc) is 2.56. The van der Waals surface area contributed by atoms with Gasteiger partial charge in [0.15, 0.2) is 0 Å². The SMILES string of the molecule is CN(CC(=O)NC(C)(C)C)C(=O)C1(C)CCCC1N. The Kier molecular flexibility index (Phi) is 4.61. The van der Waals surface area contributed by atoms with E-state index in [2.05, 4.69) is 5.32 Å². The van der Waals surface area contributed by atoms with E-state index in [0.717, 1.165) is 19.3 Å². The number of hydrogen-bond acceptors (Lipinski definition) is 3. The van der Waals surface area contributed by atoms with Gasteiger partial charge < -0.3 is 16.0 Å². The average molecular weight is 269 g/mol. The molecule has 0 bridgehead atoms. The van der Waals surface area contributed by atoms with Crippen molar-refractivity contribution in [1.82, 2.24) is 10.2 Å². The monoisotopic (exact) mass is 269 g/mol. The van der Waals surface area contributed by atoms with Crippen molar-refractivity contribution in [2.45, 2.75) is 58.5 Å². The van der Waals surface area contributed by atoms with Crippen LogP contribution in [0, 0.1) is 5.41 Å². The van der Waals surface area contributed by atoms with Crippen LogP contribution in [0.1, 0.15) is 47.0 Å². The molecule has 1 aliphatic rings. The van der Waals surface area contributed by atoms with Crippen molar-refractivity contribution in [3.05, 3.63) is 0 Å². The van der Waals surface area contributed by atoms with Gasteiger partial charge in [-0.25, -0.2) is 0 Å². The number of hydrogen-bond donors (Lipinski definition) is 2. The fourth-order valence-electron chi connectivity index (χ4n) is 2.64. The maximum Gasteiger partial charge on any atom is 0.240 e. The van der Waals surface area contributed by atoms with Gasteiger partial charge in [0.05, 0.1) is 12.0 Å². The van der Waals surface area contributed by atoms with Crippen LogP contribution in [0.4, 0.5) is 0 Å². The normalized spacial score (nSPS) is 27.2. The molecule has 2 amide bonds. The molecule has 0 aromatic carbocycles. The van der Waals surface area contributed by atoms with E-state index in [1.807, 2.05) is 27.7 Å². The van der Waals surface area contributed by atoms with Crippen LogP contribution in [-0.4, -0.2) is 41.9 Å². The van der Waals surface area contributed by atoms with Crippen molar-refractivity contribution >= 4 is 11.8 Å². The van der Waals surface area contributed by atoms with E-state index in [1.54, 1.807) is 7.05 Å². The maximum absolute atomic E-state index is 12.4. The van der Waals surface area contributed by atoms with Crippen LogP contribution in [0.3, 0.4) is 0 Å². The van der Waals surface area contributed by atoms with Gasteiger partial charge in [-0.05, 0) is 40.5 Å². The Bertz CT molecular complexity index is 362. The second-order valence-electron chi connectivity index (χ2n) is 6.88. The Balaban J connectivity index is 2.61. The summed E-state index contributed by atoms with van der Waals surface area (Å²) in [5, 5.41) is 2.86. The molecule has 2 atom stereocenters. The van der Waals surface area contributed by atoms with E-state index in [-0.39, 0.29) is 29.9 Å². The molecule has 5 heteroatoms. The summed E-state index contributed by atoms with van der Waals surface area (Å²) in [4.78, 5) is 25.8. The van der Waals surface area contributed by atoms with Crippen LogP contribution in [0.25, 0.3) is 0 Å². The lowest BCUT2D eigenvalue weighted by molar-refractivity contribution is -0.143. The topological polar surface area (TPSA) is 75.4 Å². The number of carbonyl (C=O) groups excluding carboxylic acids is 2. The molecular formula is C14H27N3O2. The molecule has 1 fully saturated rings. The van der Waals surface area contributed by atoms with E-state index in [4.69, 9.17) is 5.73 Å². The van der Waals surface area contributed by atoms with Gasteiger partial charge in [-0.3, -0.25) is 9.59 Å². The molecule has 1 aliphatic carbocycles. The van der Waals surface area contributed by atoms with E-state index in [1.165, 1.54) is 4.90 Å². The minimum atomic E-state index is -0.517. The summed E-state index contributed by atoms with van der Waals surface area (Å²) in [6.07, 6.45) is 2.66. The maximum atomic E-state index is 12.4. The summed E-state index contributed by atoms with van der Waals surface area (Å²) in [6.45, 7) is 7.74. The molecule has 0 saturated heterocycles. The third-order valence-corrected chi connectivity index (χ3v) is 3.76. The molecule has 19 heavy (non-hydrogen) atoms. The van der Waals surface area contributed by atoms with Crippen LogP contribution < -0.4 is 11.1 Å². The Hall–Kier alpha value is -1.10. The van der Waals surface area contributed by atoms with Crippen molar-refractivity contribution in [3.8, 4) is 0 Å². The molecular weight excluding hydrogens is 242 g/mol. The Morgan fingerprint density at radius 2 is 2.00 bits per heavy atom. The summed E-state index contributed by atoms with van der Waals surface area (Å²) < 4.78 is 0. The zero-order chi connectivity index (χ0) is 14.8. The number of likely N-dealkylation sites (N-methyl/N-ethyl adjacent to an activating group) is 1. The molecule has 110 valence electrons. The Morgan fingerprint density at radius 1 is 1.42 bits per heavy atom. The summed E-state index contributed by atoms with van der Waals surface area (Å²) in [5.41, 5.74) is 5.24. The van der Waals surface area contributed by atoms with Crippen LogP contribution in [0.15, 0.2) is 0 Å². The quantitative estimate of drug-likeness (QED) is 0.798. The first-order valence-corrected chi connectivity index (χ1v) is 6.88. The first-order valence-electron chi connectivity index (χ1n) is 6.88. The van der Waals surface area contributed by atoms with Crippen molar-refractivity contribution in [2.75, 3.05) is 13.6 Å². The molecule has 1 rings (SSSR count). The summed E-state index contributed by atoms with van der Waals surface area (Å²) in [7, 11) is 1.67. The lowest BCUT2D eigenvalue weighted by Gasteiger charge is -2.32. The largest absolute Gasteiger partial charge is 0.350 e. The molecule has 2 unspecified atom stereocenters. The van der Waals surface area contributed by atoms with E-state index in [0.29, 0.717) is 0 Å². The molecule has 0 spiro atoms. The summed E-state index contributed by atoms with van der Waals surface area (Å²) in [5.74, 6) is -0.167. The van der Waals surface area contributed by atoms with Gasteiger partial charge in [-0.15, -0.1) is 0 Å². The van der Waals surface area contributed by atoms with Crippen molar-refractivity contribution in [1.29, 1.82) is 0 Å². The van der Waals surface area contributed by atoms with E-state index < -0.39 is 5.41 Å². The smallest absolute Gasteiger partial charge is 0.240 e. The van der Waals surface area contributed by atoms with Gasteiger partial charge in [-0.2, -0.15) is 0 Å². The highest BCUT2D eigenvalue weighted by molar-refractivity contribution is 5.88. The Labute approximate surface area is 115 Å². The van der Waals surface area contributed by atoms with Crippen LogP contribution in [0.2, 0.25) is 0 Å². The highest BCUT2D eigenvalue weighted by Crippen LogP contribution is 2.38. The number of nitrogens with one attached hydrogen (secondary N) is 1. The van der Waals surface area contributed by atoms with Crippen LogP contribution in [-0.2, 0) is 9.59 Å². The molecule has 0 aromatic heterocycles. The molecule has 1 saturated carbocycles. The first-order chi connectivity index (χ1) is 8.56. The molecule has 5 nitrogen and oxygen atoms in total.